The number of fused-ring (bicyclic) bond motifs is 1. The lowest BCUT2D eigenvalue weighted by molar-refractivity contribution is -0.129. The normalized spacial score (nSPS) is 36.8. The number of hydrogen-bond donors (Lipinski definition) is 1. The average Bonchev–Trinajstić information content (AvgIpc) is 2.73. The minimum absolute atomic E-state index is 0.146. The number of carbonyl (C=O) groups excluding carboxylic acids is 1. The molecule has 2 fully saturated rings. The summed E-state index contributed by atoms with van der Waals surface area (Å²) in [4.78, 5) is 12.2. The molecule has 0 bridgehead atoms. The highest BCUT2D eigenvalue weighted by Crippen LogP contribution is 2.56. The Morgan fingerprint density at radius 3 is 2.67 bits per heavy atom. The number of ketones is 1. The van der Waals surface area contributed by atoms with Crippen LogP contribution in [0.1, 0.15) is 59.8 Å². The second-order valence-corrected chi connectivity index (χ2v) is 9.27. The zero-order chi connectivity index (χ0) is 15.8. The molecule has 3 heteroatoms. The van der Waals surface area contributed by atoms with Crippen molar-refractivity contribution in [3.63, 3.8) is 0 Å². The van der Waals surface area contributed by atoms with Gasteiger partial charge in [0.1, 0.15) is 5.78 Å². The highest BCUT2D eigenvalue weighted by atomic mass is 127. The van der Waals surface area contributed by atoms with Gasteiger partial charge in [-0.15, -0.1) is 0 Å². The second-order valence-electron chi connectivity index (χ2n) is 7.83. The van der Waals surface area contributed by atoms with Crippen molar-refractivity contribution in [1.82, 2.24) is 0 Å². The first kappa shape index (κ1) is 17.5. The van der Waals surface area contributed by atoms with Gasteiger partial charge in [0.15, 0.2) is 0 Å². The first-order valence-corrected chi connectivity index (χ1v) is 9.48. The molecule has 0 aromatic carbocycles. The molecule has 2 nitrogen and oxygen atoms in total. The number of aliphatic hydroxyl groups is 1. The Balaban J connectivity index is 2.08. The van der Waals surface area contributed by atoms with Crippen molar-refractivity contribution in [3.05, 3.63) is 12.2 Å². The Kier molecular flexibility index (Phi) is 5.24. The molecule has 2 aliphatic rings. The van der Waals surface area contributed by atoms with Gasteiger partial charge in [-0.3, -0.25) is 4.79 Å². The summed E-state index contributed by atoms with van der Waals surface area (Å²) in [7, 11) is 0. The van der Waals surface area contributed by atoms with Crippen LogP contribution in [0.25, 0.3) is 0 Å². The van der Waals surface area contributed by atoms with Crippen molar-refractivity contribution in [2.24, 2.45) is 23.2 Å². The van der Waals surface area contributed by atoms with Crippen LogP contribution in [-0.4, -0.2) is 20.4 Å². The molecule has 2 saturated carbocycles. The van der Waals surface area contributed by atoms with Crippen LogP contribution in [0, 0.1) is 23.2 Å². The number of hydrogen-bond acceptors (Lipinski definition) is 2. The highest BCUT2D eigenvalue weighted by Gasteiger charge is 2.52. The van der Waals surface area contributed by atoms with Gasteiger partial charge in [0.05, 0.1) is 5.60 Å². The van der Waals surface area contributed by atoms with Gasteiger partial charge in [-0.05, 0) is 50.9 Å². The summed E-state index contributed by atoms with van der Waals surface area (Å²) in [5.74, 6) is 1.54. The SMILES string of the molecule is C[C@@H](/C=C/[C@@H](I)C1CC[C@H]2C(=O)CCC[C@]12C)C(C)(C)O. The monoisotopic (exact) mass is 404 g/mol. The predicted octanol–water partition coefficient (Wildman–Crippen LogP) is 4.54. The largest absolute Gasteiger partial charge is 0.390 e. The van der Waals surface area contributed by atoms with Crippen molar-refractivity contribution in [1.29, 1.82) is 0 Å². The zero-order valence-corrected chi connectivity index (χ0v) is 15.9. The van der Waals surface area contributed by atoms with Crippen molar-refractivity contribution in [3.8, 4) is 0 Å². The fraction of sp³-hybridized carbons (Fsp3) is 0.833. The predicted molar refractivity (Wildman–Crippen MR) is 95.6 cm³/mol. The Labute approximate surface area is 142 Å². The summed E-state index contributed by atoms with van der Waals surface area (Å²) in [5.41, 5.74) is -0.473. The molecular weight excluding hydrogens is 375 g/mol. The standard InChI is InChI=1S/C18H29IO2/c1-12(17(2,3)21)7-10-15(19)13-8-9-14-16(20)6-5-11-18(13,14)4/h7,10,12-15,21H,5-6,8-9,11H2,1-4H3/b10-7+/t12-,13?,14-,15+,18+/m0/s1. The minimum Gasteiger partial charge on any atom is -0.390 e. The number of alkyl halides is 1. The number of Topliss-reactive ketones (excluding diaryl/α,β-unsaturated/α-hetero) is 1. The Hall–Kier alpha value is 0.1000. The molecule has 120 valence electrons. The Morgan fingerprint density at radius 1 is 1.38 bits per heavy atom. The molecule has 0 heterocycles. The highest BCUT2D eigenvalue weighted by molar-refractivity contribution is 14.1. The number of allylic oxidation sites excluding steroid dienone is 1. The smallest absolute Gasteiger partial charge is 0.136 e. The van der Waals surface area contributed by atoms with Gasteiger partial charge >= 0.3 is 0 Å². The van der Waals surface area contributed by atoms with Gasteiger partial charge in [0.2, 0.25) is 0 Å². The van der Waals surface area contributed by atoms with Crippen molar-refractivity contribution < 1.29 is 9.90 Å². The van der Waals surface area contributed by atoms with Crippen LogP contribution in [0.4, 0.5) is 0 Å². The first-order valence-electron chi connectivity index (χ1n) is 8.23. The summed E-state index contributed by atoms with van der Waals surface area (Å²) in [5, 5.41) is 10.0. The van der Waals surface area contributed by atoms with Gasteiger partial charge in [0.25, 0.3) is 0 Å². The second kappa shape index (κ2) is 6.31. The number of halogens is 1. The zero-order valence-electron chi connectivity index (χ0n) is 13.7. The molecule has 0 saturated heterocycles. The molecule has 0 aromatic heterocycles. The van der Waals surface area contributed by atoms with Gasteiger partial charge < -0.3 is 5.11 Å². The number of rotatable bonds is 4. The summed E-state index contributed by atoms with van der Waals surface area (Å²) in [6.07, 6.45) is 9.72. The third kappa shape index (κ3) is 3.54. The van der Waals surface area contributed by atoms with Crippen molar-refractivity contribution in [2.75, 3.05) is 0 Å². The molecule has 0 aliphatic heterocycles. The van der Waals surface area contributed by atoms with E-state index in [0.717, 1.165) is 19.3 Å². The van der Waals surface area contributed by atoms with Crippen LogP contribution < -0.4 is 0 Å². The molecule has 0 amide bonds. The van der Waals surface area contributed by atoms with Crippen LogP contribution >= 0.6 is 22.6 Å². The maximum absolute atomic E-state index is 12.2. The van der Waals surface area contributed by atoms with Crippen LogP contribution in [-0.2, 0) is 4.79 Å². The van der Waals surface area contributed by atoms with Crippen molar-refractivity contribution >= 4 is 28.4 Å². The van der Waals surface area contributed by atoms with Crippen LogP contribution in [0.5, 0.6) is 0 Å². The molecular formula is C18H29IO2. The van der Waals surface area contributed by atoms with E-state index >= 15 is 0 Å². The number of carbonyl (C=O) groups is 1. The quantitative estimate of drug-likeness (QED) is 0.425. The topological polar surface area (TPSA) is 37.3 Å². The van der Waals surface area contributed by atoms with Crippen LogP contribution in [0.3, 0.4) is 0 Å². The first-order chi connectivity index (χ1) is 9.66. The molecule has 5 atom stereocenters. The molecule has 0 radical (unpaired) electrons. The molecule has 1 unspecified atom stereocenters. The molecule has 2 rings (SSSR count). The molecule has 1 N–H and O–H groups in total. The maximum atomic E-state index is 12.2. The van der Waals surface area contributed by atoms with E-state index in [1.165, 1.54) is 12.8 Å². The summed E-state index contributed by atoms with van der Waals surface area (Å²) in [6, 6.07) is 0. The Morgan fingerprint density at radius 2 is 2.05 bits per heavy atom. The maximum Gasteiger partial charge on any atom is 0.136 e. The van der Waals surface area contributed by atoms with E-state index < -0.39 is 5.60 Å². The van der Waals surface area contributed by atoms with E-state index in [2.05, 4.69) is 48.6 Å². The lowest BCUT2D eigenvalue weighted by Crippen LogP contribution is -2.39. The van der Waals surface area contributed by atoms with E-state index in [0.29, 0.717) is 21.5 Å². The lowest BCUT2D eigenvalue weighted by Gasteiger charge is -2.41. The van der Waals surface area contributed by atoms with E-state index in [-0.39, 0.29) is 11.3 Å². The van der Waals surface area contributed by atoms with Gasteiger partial charge in [-0.25, -0.2) is 0 Å². The van der Waals surface area contributed by atoms with E-state index in [9.17, 15) is 9.90 Å². The van der Waals surface area contributed by atoms with Crippen LogP contribution in [0.15, 0.2) is 12.2 Å². The molecule has 21 heavy (non-hydrogen) atoms. The van der Waals surface area contributed by atoms with E-state index in [4.69, 9.17) is 0 Å². The summed E-state index contributed by atoms with van der Waals surface area (Å²) < 4.78 is 0.452. The fourth-order valence-corrected chi connectivity index (χ4v) is 5.56. The van der Waals surface area contributed by atoms with E-state index in [1.54, 1.807) is 0 Å². The molecule has 2 aliphatic carbocycles. The minimum atomic E-state index is -0.671. The van der Waals surface area contributed by atoms with Crippen molar-refractivity contribution in [2.45, 2.75) is 69.3 Å². The third-order valence-corrected chi connectivity index (χ3v) is 7.30. The average molecular weight is 404 g/mol. The van der Waals surface area contributed by atoms with Gasteiger partial charge in [0, 0.05) is 22.2 Å². The lowest BCUT2D eigenvalue weighted by atomic mass is 9.64. The third-order valence-electron chi connectivity index (χ3n) is 6.02. The van der Waals surface area contributed by atoms with Gasteiger partial charge in [-0.2, -0.15) is 0 Å². The molecule has 0 spiro atoms. The van der Waals surface area contributed by atoms with Gasteiger partial charge in [-0.1, -0.05) is 48.6 Å². The Bertz CT molecular complexity index is 423. The fourth-order valence-electron chi connectivity index (χ4n) is 4.14. The summed E-state index contributed by atoms with van der Waals surface area (Å²) in [6.45, 7) is 8.11. The molecule has 0 aromatic rings. The van der Waals surface area contributed by atoms with Crippen LogP contribution in [0.2, 0.25) is 0 Å². The summed E-state index contributed by atoms with van der Waals surface area (Å²) >= 11 is 2.53. The van der Waals surface area contributed by atoms with E-state index in [1.807, 2.05) is 13.8 Å².